The van der Waals surface area contributed by atoms with E-state index in [2.05, 4.69) is 5.32 Å². The zero-order valence-corrected chi connectivity index (χ0v) is 16.7. The molecule has 3 rings (SSSR count). The lowest BCUT2D eigenvalue weighted by atomic mass is 10.2. The van der Waals surface area contributed by atoms with Crippen LogP contribution in [0.25, 0.3) is 0 Å². The van der Waals surface area contributed by atoms with Crippen LogP contribution in [-0.2, 0) is 10.0 Å². The summed E-state index contributed by atoms with van der Waals surface area (Å²) in [7, 11) is -3.51. The molecule has 29 heavy (non-hydrogen) atoms. The Bertz CT molecular complexity index is 978. The Hall–Kier alpha value is -2.76. The van der Waals surface area contributed by atoms with E-state index in [0.717, 1.165) is 11.6 Å². The van der Waals surface area contributed by atoms with Gasteiger partial charge in [-0.1, -0.05) is 17.7 Å². The van der Waals surface area contributed by atoms with Gasteiger partial charge in [0.15, 0.2) is 5.76 Å². The van der Waals surface area contributed by atoms with Crippen molar-refractivity contribution in [2.45, 2.75) is 11.8 Å². The average Bonchev–Trinajstić information content (AvgIpc) is 3.19. The van der Waals surface area contributed by atoms with Gasteiger partial charge in [-0.2, -0.15) is 4.31 Å². The molecule has 1 amide bonds. The molecule has 1 saturated heterocycles. The molecule has 1 aliphatic rings. The molecule has 0 atom stereocenters. The Morgan fingerprint density at radius 2 is 1.79 bits per heavy atom. The zero-order chi connectivity index (χ0) is 21.0. The van der Waals surface area contributed by atoms with Crippen molar-refractivity contribution in [2.24, 2.45) is 0 Å². The number of carbonyl (C=O) groups excluding carboxylic acids is 1. The van der Waals surface area contributed by atoms with Crippen molar-refractivity contribution >= 4 is 21.8 Å². The van der Waals surface area contributed by atoms with Gasteiger partial charge < -0.3 is 9.73 Å². The molecule has 11 heteroatoms. The predicted octanol–water partition coefficient (Wildman–Crippen LogP) is 1.23. The standard InChI is InChI=1S/C18H22N4O6S/c1-14-2-4-15(5-3-14)29(26,27)21-12-10-20(11-13-21)9-8-19-18(23)16-6-7-17(28-16)22(24)25/h2-7H,8-13H2,1H3,(H,19,23). The number of amides is 1. The van der Waals surface area contributed by atoms with Crippen LogP contribution < -0.4 is 5.32 Å². The normalized spacial score (nSPS) is 15.9. The second-order valence-corrected chi connectivity index (χ2v) is 8.65. The molecule has 0 spiro atoms. The minimum absolute atomic E-state index is 0.120. The lowest BCUT2D eigenvalue weighted by molar-refractivity contribution is -0.402. The fourth-order valence-corrected chi connectivity index (χ4v) is 4.44. The largest absolute Gasteiger partial charge is 0.433 e. The van der Waals surface area contributed by atoms with E-state index in [-0.39, 0.29) is 10.7 Å². The molecule has 1 aromatic carbocycles. The SMILES string of the molecule is Cc1ccc(S(=O)(=O)N2CCN(CCNC(=O)c3ccc([N+](=O)[O-])o3)CC2)cc1. The highest BCUT2D eigenvalue weighted by Crippen LogP contribution is 2.18. The molecule has 2 heterocycles. The predicted molar refractivity (Wildman–Crippen MR) is 104 cm³/mol. The number of sulfonamides is 1. The summed E-state index contributed by atoms with van der Waals surface area (Å²) in [6.07, 6.45) is 0. The van der Waals surface area contributed by atoms with Crippen molar-refractivity contribution in [3.8, 4) is 0 Å². The molecule has 10 nitrogen and oxygen atoms in total. The maximum atomic E-state index is 12.7. The molecule has 1 N–H and O–H groups in total. The first-order valence-corrected chi connectivity index (χ1v) is 10.5. The number of hydrogen-bond donors (Lipinski definition) is 1. The molecule has 1 aromatic heterocycles. The van der Waals surface area contributed by atoms with Gasteiger partial charge in [-0.15, -0.1) is 0 Å². The zero-order valence-electron chi connectivity index (χ0n) is 15.9. The van der Waals surface area contributed by atoms with Gasteiger partial charge in [0.2, 0.25) is 10.0 Å². The van der Waals surface area contributed by atoms with Crippen LogP contribution in [0.1, 0.15) is 16.1 Å². The second kappa shape index (κ2) is 8.72. The van der Waals surface area contributed by atoms with Crippen molar-refractivity contribution in [1.82, 2.24) is 14.5 Å². The van der Waals surface area contributed by atoms with Crippen LogP contribution in [0.4, 0.5) is 5.88 Å². The summed E-state index contributed by atoms with van der Waals surface area (Å²) in [5.74, 6) is -1.13. The monoisotopic (exact) mass is 422 g/mol. The Labute approximate surface area is 168 Å². The van der Waals surface area contributed by atoms with Crippen molar-refractivity contribution in [3.63, 3.8) is 0 Å². The van der Waals surface area contributed by atoms with Gasteiger partial charge in [-0.3, -0.25) is 19.8 Å². The van der Waals surface area contributed by atoms with Gasteiger partial charge in [-0.25, -0.2) is 8.42 Å². The molecule has 0 saturated carbocycles. The molecule has 0 bridgehead atoms. The summed E-state index contributed by atoms with van der Waals surface area (Å²) in [5.41, 5.74) is 1.000. The van der Waals surface area contributed by atoms with Crippen LogP contribution in [0.15, 0.2) is 45.7 Å². The number of furan rings is 1. The van der Waals surface area contributed by atoms with E-state index >= 15 is 0 Å². The number of piperazine rings is 1. The van der Waals surface area contributed by atoms with Crippen molar-refractivity contribution in [2.75, 3.05) is 39.3 Å². The molecule has 0 aliphatic carbocycles. The van der Waals surface area contributed by atoms with E-state index in [1.165, 1.54) is 10.4 Å². The van der Waals surface area contributed by atoms with Gasteiger partial charge in [0.25, 0.3) is 5.91 Å². The molecule has 1 fully saturated rings. The summed E-state index contributed by atoms with van der Waals surface area (Å²) in [4.78, 5) is 24.2. The summed E-state index contributed by atoms with van der Waals surface area (Å²) in [5, 5.41) is 13.2. The lowest BCUT2D eigenvalue weighted by Gasteiger charge is -2.33. The molecule has 0 unspecified atom stereocenters. The van der Waals surface area contributed by atoms with Crippen molar-refractivity contribution < 1.29 is 22.6 Å². The molecular formula is C18H22N4O6S. The van der Waals surface area contributed by atoms with Crippen LogP contribution in [-0.4, -0.2) is 67.7 Å². The highest BCUT2D eigenvalue weighted by atomic mass is 32.2. The highest BCUT2D eigenvalue weighted by Gasteiger charge is 2.28. The second-order valence-electron chi connectivity index (χ2n) is 6.71. The minimum atomic E-state index is -3.51. The Kier molecular flexibility index (Phi) is 6.30. The van der Waals surface area contributed by atoms with E-state index in [0.29, 0.717) is 39.3 Å². The number of nitrogens with one attached hydrogen (secondary N) is 1. The van der Waals surface area contributed by atoms with Crippen molar-refractivity contribution in [3.05, 3.63) is 57.8 Å². The smallest absolute Gasteiger partial charge is 0.395 e. The van der Waals surface area contributed by atoms with E-state index < -0.39 is 26.7 Å². The van der Waals surface area contributed by atoms with Crippen LogP contribution in [0.3, 0.4) is 0 Å². The van der Waals surface area contributed by atoms with E-state index in [9.17, 15) is 23.3 Å². The van der Waals surface area contributed by atoms with E-state index in [4.69, 9.17) is 4.42 Å². The molecule has 0 radical (unpaired) electrons. The summed E-state index contributed by atoms with van der Waals surface area (Å²) in [6, 6.07) is 9.17. The van der Waals surface area contributed by atoms with Crippen LogP contribution >= 0.6 is 0 Å². The van der Waals surface area contributed by atoms with Crippen LogP contribution in [0, 0.1) is 17.0 Å². The van der Waals surface area contributed by atoms with Gasteiger partial charge in [0.05, 0.1) is 11.0 Å². The molecule has 156 valence electrons. The maximum absolute atomic E-state index is 12.7. The molecule has 1 aliphatic heterocycles. The number of nitro groups is 1. The Morgan fingerprint density at radius 3 is 2.38 bits per heavy atom. The van der Waals surface area contributed by atoms with Gasteiger partial charge in [-0.05, 0) is 25.1 Å². The minimum Gasteiger partial charge on any atom is -0.395 e. The van der Waals surface area contributed by atoms with Crippen LogP contribution in [0.5, 0.6) is 0 Å². The highest BCUT2D eigenvalue weighted by molar-refractivity contribution is 7.89. The summed E-state index contributed by atoms with van der Waals surface area (Å²) >= 11 is 0. The number of carbonyl (C=O) groups is 1. The first kappa shape index (κ1) is 21.0. The topological polar surface area (TPSA) is 126 Å². The Morgan fingerprint density at radius 1 is 1.14 bits per heavy atom. The summed E-state index contributed by atoms with van der Waals surface area (Å²) in [6.45, 7) is 4.59. The first-order chi connectivity index (χ1) is 13.8. The maximum Gasteiger partial charge on any atom is 0.433 e. The van der Waals surface area contributed by atoms with E-state index in [1.54, 1.807) is 24.3 Å². The van der Waals surface area contributed by atoms with Crippen molar-refractivity contribution in [1.29, 1.82) is 0 Å². The summed E-state index contributed by atoms with van der Waals surface area (Å²) < 4.78 is 31.7. The Balaban J connectivity index is 1.45. The first-order valence-electron chi connectivity index (χ1n) is 9.09. The number of aryl methyl sites for hydroxylation is 1. The third kappa shape index (κ3) is 5.00. The van der Waals surface area contributed by atoms with Gasteiger partial charge in [0.1, 0.15) is 4.92 Å². The third-order valence-electron chi connectivity index (χ3n) is 4.70. The number of nitrogens with zero attached hydrogens (tertiary/aromatic N) is 3. The number of benzene rings is 1. The molecular weight excluding hydrogens is 400 g/mol. The fraction of sp³-hybridized carbons (Fsp3) is 0.389. The average molecular weight is 422 g/mol. The lowest BCUT2D eigenvalue weighted by Crippen LogP contribution is -2.50. The van der Waals surface area contributed by atoms with E-state index in [1.807, 2.05) is 11.8 Å². The third-order valence-corrected chi connectivity index (χ3v) is 6.61. The van der Waals surface area contributed by atoms with Gasteiger partial charge >= 0.3 is 5.88 Å². The molecule has 2 aromatic rings. The quantitative estimate of drug-likeness (QED) is 0.525. The number of rotatable bonds is 7. The fourth-order valence-electron chi connectivity index (χ4n) is 3.02. The van der Waals surface area contributed by atoms with Crippen LogP contribution in [0.2, 0.25) is 0 Å². The van der Waals surface area contributed by atoms with Gasteiger partial charge in [0, 0.05) is 39.3 Å². The number of hydrogen-bond acceptors (Lipinski definition) is 7.